The molecule has 1 heterocycles. The van der Waals surface area contributed by atoms with Crippen LogP contribution in [0, 0.1) is 0 Å². The molecule has 1 aromatic heterocycles. The van der Waals surface area contributed by atoms with Gasteiger partial charge in [-0.15, -0.1) is 0 Å². The van der Waals surface area contributed by atoms with Crippen LogP contribution in [0.25, 0.3) is 10.9 Å². The van der Waals surface area contributed by atoms with Crippen LogP contribution in [-0.4, -0.2) is 30.5 Å². The number of fused-ring (bicyclic) bond motifs is 1. The van der Waals surface area contributed by atoms with E-state index in [0.717, 1.165) is 23.0 Å². The van der Waals surface area contributed by atoms with Gasteiger partial charge in [0.05, 0.1) is 0 Å². The summed E-state index contributed by atoms with van der Waals surface area (Å²) in [5, 5.41) is 4.48. The van der Waals surface area contributed by atoms with Gasteiger partial charge in [0, 0.05) is 30.2 Å². The normalized spacial score (nSPS) is 12.6. The fourth-order valence-corrected chi connectivity index (χ4v) is 2.94. The summed E-state index contributed by atoms with van der Waals surface area (Å²) in [5.74, 6) is 0. The fraction of sp³-hybridized carbons (Fsp3) is 0.250. The lowest BCUT2D eigenvalue weighted by molar-refractivity contribution is 0.288. The smallest absolute Gasteiger partial charge is 0.252 e. The average Bonchev–Trinajstić information content (AvgIpc) is 2.59. The summed E-state index contributed by atoms with van der Waals surface area (Å²) in [4.78, 5) is 17.3. The minimum Gasteiger partial charge on any atom is -0.322 e. The number of hydrogen-bond donors (Lipinski definition) is 2. The third-order valence-electron chi connectivity index (χ3n) is 4.29. The van der Waals surface area contributed by atoms with Crippen molar-refractivity contribution < 1.29 is 0 Å². The van der Waals surface area contributed by atoms with Crippen molar-refractivity contribution in [2.75, 3.05) is 20.6 Å². The zero-order chi connectivity index (χ0) is 16.9. The Morgan fingerprint density at radius 1 is 1.04 bits per heavy atom. The van der Waals surface area contributed by atoms with Crippen LogP contribution in [0.5, 0.6) is 0 Å². The van der Waals surface area contributed by atoms with Gasteiger partial charge in [0.15, 0.2) is 0 Å². The Labute approximate surface area is 142 Å². The van der Waals surface area contributed by atoms with Gasteiger partial charge in [0.1, 0.15) is 0 Å². The summed E-state index contributed by atoms with van der Waals surface area (Å²) < 4.78 is 0. The minimum absolute atomic E-state index is 0.0256. The molecular formula is C20H23N3O. The first kappa shape index (κ1) is 16.4. The molecule has 1 atom stereocenters. The molecule has 0 aliphatic heterocycles. The van der Waals surface area contributed by atoms with Gasteiger partial charge in [-0.2, -0.15) is 0 Å². The monoisotopic (exact) mass is 321 g/mol. The van der Waals surface area contributed by atoms with E-state index in [4.69, 9.17) is 0 Å². The van der Waals surface area contributed by atoms with E-state index in [1.54, 1.807) is 0 Å². The van der Waals surface area contributed by atoms with Gasteiger partial charge in [0.2, 0.25) is 0 Å². The number of hydrogen-bond acceptors (Lipinski definition) is 3. The molecule has 0 amide bonds. The number of benzene rings is 2. The van der Waals surface area contributed by atoms with E-state index in [1.165, 1.54) is 5.56 Å². The van der Waals surface area contributed by atoms with Gasteiger partial charge in [-0.1, -0.05) is 48.5 Å². The maximum Gasteiger partial charge on any atom is 0.252 e. The van der Waals surface area contributed by atoms with Crippen molar-refractivity contribution in [2.24, 2.45) is 0 Å². The molecule has 4 heteroatoms. The van der Waals surface area contributed by atoms with E-state index >= 15 is 0 Å². The highest BCUT2D eigenvalue weighted by molar-refractivity contribution is 5.78. The molecule has 24 heavy (non-hydrogen) atoms. The Balaban J connectivity index is 1.71. The lowest BCUT2D eigenvalue weighted by Gasteiger charge is -2.25. The molecule has 0 saturated carbocycles. The first-order valence-corrected chi connectivity index (χ1v) is 8.18. The summed E-state index contributed by atoms with van der Waals surface area (Å²) in [6.45, 7) is 1.33. The van der Waals surface area contributed by atoms with Crippen molar-refractivity contribution in [1.29, 1.82) is 0 Å². The van der Waals surface area contributed by atoms with E-state index < -0.39 is 0 Å². The van der Waals surface area contributed by atoms with Gasteiger partial charge < -0.3 is 15.2 Å². The number of pyridine rings is 1. The van der Waals surface area contributed by atoms with Gasteiger partial charge in [-0.3, -0.25) is 4.79 Å². The number of likely N-dealkylation sites (N-methyl/N-ethyl adjacent to an activating group) is 1. The SMILES string of the molecule is CN(C)C(CNCc1cc2ccccc2[nH]c1=O)c1ccccc1. The summed E-state index contributed by atoms with van der Waals surface area (Å²) in [7, 11) is 4.14. The number of nitrogens with one attached hydrogen (secondary N) is 2. The second kappa shape index (κ2) is 7.43. The van der Waals surface area contributed by atoms with Gasteiger partial charge in [0.25, 0.3) is 5.56 Å². The molecule has 2 N–H and O–H groups in total. The van der Waals surface area contributed by atoms with Crippen LogP contribution in [0.1, 0.15) is 17.2 Å². The van der Waals surface area contributed by atoms with Gasteiger partial charge >= 0.3 is 0 Å². The second-order valence-electron chi connectivity index (χ2n) is 6.23. The molecule has 1 unspecified atom stereocenters. The summed E-state index contributed by atoms with van der Waals surface area (Å²) in [6, 6.07) is 20.5. The molecule has 4 nitrogen and oxygen atoms in total. The van der Waals surface area contributed by atoms with Crippen molar-refractivity contribution in [3.8, 4) is 0 Å². The number of aromatic nitrogens is 1. The van der Waals surface area contributed by atoms with Crippen molar-refractivity contribution >= 4 is 10.9 Å². The topological polar surface area (TPSA) is 48.1 Å². The van der Waals surface area contributed by atoms with Crippen LogP contribution in [0.4, 0.5) is 0 Å². The maximum absolute atomic E-state index is 12.2. The highest BCUT2D eigenvalue weighted by atomic mass is 16.1. The zero-order valence-corrected chi connectivity index (χ0v) is 14.1. The first-order valence-electron chi connectivity index (χ1n) is 8.18. The van der Waals surface area contributed by atoms with E-state index in [9.17, 15) is 4.79 Å². The molecule has 3 aromatic rings. The Morgan fingerprint density at radius 3 is 2.50 bits per heavy atom. The average molecular weight is 321 g/mol. The van der Waals surface area contributed by atoms with Crippen LogP contribution in [0.2, 0.25) is 0 Å². The number of aromatic amines is 1. The van der Waals surface area contributed by atoms with Crippen LogP contribution in [-0.2, 0) is 6.54 Å². The van der Waals surface area contributed by atoms with Crippen LogP contribution in [0.15, 0.2) is 65.5 Å². The van der Waals surface area contributed by atoms with Gasteiger partial charge in [-0.25, -0.2) is 0 Å². The number of rotatable bonds is 6. The van der Waals surface area contributed by atoms with E-state index in [0.29, 0.717) is 6.54 Å². The van der Waals surface area contributed by atoms with E-state index in [2.05, 4.69) is 53.6 Å². The van der Waals surface area contributed by atoms with Crippen LogP contribution in [0.3, 0.4) is 0 Å². The molecule has 0 spiro atoms. The summed E-state index contributed by atoms with van der Waals surface area (Å²) in [6.07, 6.45) is 0. The summed E-state index contributed by atoms with van der Waals surface area (Å²) >= 11 is 0. The Hall–Kier alpha value is -2.43. The quantitative estimate of drug-likeness (QED) is 0.734. The molecule has 0 aliphatic carbocycles. The molecule has 0 bridgehead atoms. The molecule has 2 aromatic carbocycles. The molecule has 0 radical (unpaired) electrons. The summed E-state index contributed by atoms with van der Waals surface area (Å²) in [5.41, 5.74) is 2.88. The number of para-hydroxylation sites is 1. The lowest BCUT2D eigenvalue weighted by atomic mass is 10.1. The molecular weight excluding hydrogens is 298 g/mol. The zero-order valence-electron chi connectivity index (χ0n) is 14.1. The highest BCUT2D eigenvalue weighted by Gasteiger charge is 2.13. The number of nitrogens with zero attached hydrogens (tertiary/aromatic N) is 1. The van der Waals surface area contributed by atoms with Crippen molar-refractivity contribution in [3.63, 3.8) is 0 Å². The van der Waals surface area contributed by atoms with Gasteiger partial charge in [-0.05, 0) is 37.2 Å². The van der Waals surface area contributed by atoms with Crippen LogP contribution < -0.4 is 10.9 Å². The highest BCUT2D eigenvalue weighted by Crippen LogP contribution is 2.17. The van der Waals surface area contributed by atoms with Crippen LogP contribution >= 0.6 is 0 Å². The predicted octanol–water partition coefficient (Wildman–Crippen LogP) is 2.92. The molecule has 0 saturated heterocycles. The first-order chi connectivity index (χ1) is 11.6. The third kappa shape index (κ3) is 3.72. The van der Waals surface area contributed by atoms with E-state index in [-0.39, 0.29) is 11.6 Å². The largest absolute Gasteiger partial charge is 0.322 e. The maximum atomic E-state index is 12.2. The van der Waals surface area contributed by atoms with Crippen molar-refractivity contribution in [3.05, 3.63) is 82.1 Å². The van der Waals surface area contributed by atoms with E-state index in [1.807, 2.05) is 36.4 Å². The molecule has 0 aliphatic rings. The van der Waals surface area contributed by atoms with Crippen molar-refractivity contribution in [2.45, 2.75) is 12.6 Å². The molecule has 0 fully saturated rings. The molecule has 3 rings (SSSR count). The Kier molecular flexibility index (Phi) is 5.08. The Bertz CT molecular complexity index is 855. The lowest BCUT2D eigenvalue weighted by Crippen LogP contribution is -2.32. The standard InChI is InChI=1S/C20H23N3O/c1-23(2)19(15-8-4-3-5-9-15)14-21-13-17-12-16-10-6-7-11-18(16)22-20(17)24/h3-12,19,21H,13-14H2,1-2H3,(H,22,24). The second-order valence-corrected chi connectivity index (χ2v) is 6.23. The minimum atomic E-state index is -0.0256. The Morgan fingerprint density at radius 2 is 1.75 bits per heavy atom. The third-order valence-corrected chi connectivity index (χ3v) is 4.29. The fourth-order valence-electron chi connectivity index (χ4n) is 2.94. The van der Waals surface area contributed by atoms with Crippen molar-refractivity contribution in [1.82, 2.24) is 15.2 Å². The number of H-pyrrole nitrogens is 1. The molecule has 124 valence electrons. The predicted molar refractivity (Wildman–Crippen MR) is 99.1 cm³/mol.